The molecule has 2 aliphatic heterocycles. The van der Waals surface area contributed by atoms with E-state index < -0.39 is 52.5 Å². The lowest BCUT2D eigenvalue weighted by Crippen LogP contribution is -2.52. The Morgan fingerprint density at radius 2 is 1.67 bits per heavy atom. The molecule has 2 amide bonds. The standard InChI is InChI=1S/C30H27Cl2N7O7S.C2H6/c31-20-9-21(32)11-22(10-20)38-28(42)25(8-17-3-5-18(6-4-17)19-12-33-16-34-13-19)39-26(14-35-30(38)39)47(45,46)37-7-1-2-24(37)27(41)36-23(15-40)29(43)44;1-2/h3-6,9-14,16,23-25,40H,1-2,7-8,15H2,(H,36,41)(H,43,44);1-2H3/t23-,24+,25?;/m1./s1. The summed E-state index contributed by atoms with van der Waals surface area (Å²) in [5.74, 6) is -2.79. The molecule has 1 fully saturated rings. The fraction of sp³-hybridized carbons (Fsp3) is 0.312. The Bertz CT molecular complexity index is 1940. The predicted octanol–water partition coefficient (Wildman–Crippen LogP) is 3.85. The molecule has 0 bridgehead atoms. The molecular formula is C32H33Cl2N7O7S. The molecule has 0 spiro atoms. The fourth-order valence-corrected chi connectivity index (χ4v) is 8.10. The molecule has 14 nitrogen and oxygen atoms in total. The van der Waals surface area contributed by atoms with Gasteiger partial charge in [0.25, 0.3) is 15.9 Å². The number of hydrogen-bond donors (Lipinski definition) is 3. The van der Waals surface area contributed by atoms with Crippen molar-refractivity contribution < 1.29 is 33.0 Å². The number of aliphatic hydroxyl groups excluding tert-OH is 1. The van der Waals surface area contributed by atoms with Crippen molar-refractivity contribution in [1.82, 2.24) is 29.1 Å². The number of amides is 2. The molecule has 3 atom stereocenters. The van der Waals surface area contributed by atoms with Crippen LogP contribution in [-0.2, 0) is 30.8 Å². The number of aromatic nitrogens is 4. The van der Waals surface area contributed by atoms with E-state index >= 15 is 0 Å². The molecule has 49 heavy (non-hydrogen) atoms. The third-order valence-corrected chi connectivity index (χ3v) is 10.3. The molecule has 0 radical (unpaired) electrons. The Morgan fingerprint density at radius 1 is 1.02 bits per heavy atom. The van der Waals surface area contributed by atoms with Gasteiger partial charge in [-0.2, -0.15) is 4.31 Å². The molecule has 3 N–H and O–H groups in total. The van der Waals surface area contributed by atoms with E-state index in [0.717, 1.165) is 27.2 Å². The van der Waals surface area contributed by atoms with E-state index in [1.807, 2.05) is 38.1 Å². The maximum Gasteiger partial charge on any atom is 0.328 e. The second-order valence-corrected chi connectivity index (χ2v) is 13.7. The van der Waals surface area contributed by atoms with Crippen LogP contribution >= 0.6 is 23.2 Å². The monoisotopic (exact) mass is 729 g/mol. The minimum absolute atomic E-state index is 0.0152. The largest absolute Gasteiger partial charge is 0.480 e. The zero-order valence-electron chi connectivity index (χ0n) is 26.4. The predicted molar refractivity (Wildman–Crippen MR) is 181 cm³/mol. The minimum atomic E-state index is -4.47. The number of halogens is 2. The summed E-state index contributed by atoms with van der Waals surface area (Å²) in [6, 6.07) is 7.94. The Hall–Kier alpha value is -4.41. The lowest BCUT2D eigenvalue weighted by molar-refractivity contribution is -0.143. The van der Waals surface area contributed by atoms with Gasteiger partial charge in [-0.25, -0.2) is 33.1 Å². The van der Waals surface area contributed by atoms with Gasteiger partial charge in [0.2, 0.25) is 11.9 Å². The number of hydrogen-bond acceptors (Lipinski definition) is 9. The SMILES string of the molecule is CC.O=C(O)[C@@H](CO)NC(=O)[C@@H]1CCCN1S(=O)(=O)c1cnc2n1C(Cc1ccc(-c3cncnc3)cc1)C(=O)N2c1cc(Cl)cc(Cl)c1. The number of nitrogens with one attached hydrogen (secondary N) is 1. The van der Waals surface area contributed by atoms with Crippen LogP contribution in [0.25, 0.3) is 11.1 Å². The Kier molecular flexibility index (Phi) is 11.0. The first-order chi connectivity index (χ1) is 23.5. The molecule has 0 saturated carbocycles. The molecular weight excluding hydrogens is 697 g/mol. The summed E-state index contributed by atoms with van der Waals surface area (Å²) in [6.45, 7) is 3.10. The van der Waals surface area contributed by atoms with Gasteiger partial charge >= 0.3 is 5.97 Å². The van der Waals surface area contributed by atoms with Crippen LogP contribution in [0.2, 0.25) is 10.0 Å². The van der Waals surface area contributed by atoms with Crippen LogP contribution in [0.1, 0.15) is 38.3 Å². The van der Waals surface area contributed by atoms with E-state index in [1.165, 1.54) is 34.0 Å². The van der Waals surface area contributed by atoms with E-state index in [0.29, 0.717) is 6.42 Å². The highest BCUT2D eigenvalue weighted by Gasteiger charge is 2.47. The topological polar surface area (TPSA) is 188 Å². The number of rotatable bonds is 10. The van der Waals surface area contributed by atoms with Crippen molar-refractivity contribution >= 4 is 62.6 Å². The van der Waals surface area contributed by atoms with Crippen molar-refractivity contribution in [1.29, 1.82) is 0 Å². The third-order valence-electron chi connectivity index (χ3n) is 8.02. The summed E-state index contributed by atoms with van der Waals surface area (Å²) in [6.07, 6.45) is 6.42. The summed E-state index contributed by atoms with van der Waals surface area (Å²) >= 11 is 12.5. The summed E-state index contributed by atoms with van der Waals surface area (Å²) in [5, 5.41) is 21.0. The Balaban J connectivity index is 0.00000230. The van der Waals surface area contributed by atoms with E-state index in [-0.39, 0.29) is 46.1 Å². The molecule has 4 aromatic rings. The smallest absolute Gasteiger partial charge is 0.328 e. The molecule has 1 unspecified atom stereocenters. The highest BCUT2D eigenvalue weighted by atomic mass is 35.5. The number of aliphatic hydroxyl groups is 1. The molecule has 2 aliphatic rings. The number of anilines is 2. The van der Waals surface area contributed by atoms with Crippen molar-refractivity contribution in [3.63, 3.8) is 0 Å². The molecule has 0 aliphatic carbocycles. The molecule has 17 heteroatoms. The van der Waals surface area contributed by atoms with Gasteiger partial charge in [-0.3, -0.25) is 14.2 Å². The van der Waals surface area contributed by atoms with Gasteiger partial charge in [-0.05, 0) is 42.2 Å². The second-order valence-electron chi connectivity index (χ2n) is 11.0. The number of carboxylic acids is 1. The van der Waals surface area contributed by atoms with Gasteiger partial charge in [-0.1, -0.05) is 61.3 Å². The molecule has 2 aromatic carbocycles. The van der Waals surface area contributed by atoms with Gasteiger partial charge in [-0.15, -0.1) is 0 Å². The Morgan fingerprint density at radius 3 is 2.29 bits per heavy atom. The van der Waals surface area contributed by atoms with Crippen LogP contribution in [-0.4, -0.2) is 85.5 Å². The summed E-state index contributed by atoms with van der Waals surface area (Å²) in [7, 11) is -4.47. The normalized spacial score (nSPS) is 18.1. The number of nitrogens with zero attached hydrogens (tertiary/aromatic N) is 6. The van der Waals surface area contributed by atoms with Crippen molar-refractivity contribution in [3.05, 3.63) is 83.0 Å². The molecule has 1 saturated heterocycles. The van der Waals surface area contributed by atoms with Crippen molar-refractivity contribution in [2.75, 3.05) is 18.1 Å². The Labute approximate surface area is 292 Å². The minimum Gasteiger partial charge on any atom is -0.480 e. The van der Waals surface area contributed by atoms with Gasteiger partial charge in [0.1, 0.15) is 24.5 Å². The van der Waals surface area contributed by atoms with Crippen LogP contribution < -0.4 is 10.2 Å². The maximum atomic E-state index is 14.3. The zero-order chi connectivity index (χ0) is 35.5. The van der Waals surface area contributed by atoms with Crippen molar-refractivity contribution in [2.45, 2.75) is 56.3 Å². The van der Waals surface area contributed by atoms with Gasteiger partial charge in [0.05, 0.1) is 18.5 Å². The lowest BCUT2D eigenvalue weighted by atomic mass is 10.0. The van der Waals surface area contributed by atoms with Crippen molar-refractivity contribution in [3.8, 4) is 11.1 Å². The second kappa shape index (κ2) is 15.0. The first-order valence-corrected chi connectivity index (χ1v) is 17.6. The lowest BCUT2D eigenvalue weighted by Gasteiger charge is -2.25. The number of fused-ring (bicyclic) bond motifs is 1. The van der Waals surface area contributed by atoms with Crippen LogP contribution in [0.4, 0.5) is 11.6 Å². The van der Waals surface area contributed by atoms with Crippen LogP contribution in [0.15, 0.2) is 72.4 Å². The number of sulfonamides is 1. The molecule has 6 rings (SSSR count). The first-order valence-electron chi connectivity index (χ1n) is 15.4. The number of carboxylic acid groups (broad SMARTS) is 1. The number of aliphatic carboxylic acids is 1. The summed E-state index contributed by atoms with van der Waals surface area (Å²) in [4.78, 5) is 52.3. The van der Waals surface area contributed by atoms with Gasteiger partial charge < -0.3 is 15.5 Å². The highest BCUT2D eigenvalue weighted by Crippen LogP contribution is 2.42. The van der Waals surface area contributed by atoms with E-state index in [1.54, 1.807) is 12.4 Å². The quantitative estimate of drug-likeness (QED) is 0.216. The zero-order valence-corrected chi connectivity index (χ0v) is 28.7. The molecule has 258 valence electrons. The highest BCUT2D eigenvalue weighted by molar-refractivity contribution is 7.89. The van der Waals surface area contributed by atoms with Crippen LogP contribution in [0, 0.1) is 0 Å². The van der Waals surface area contributed by atoms with E-state index in [4.69, 9.17) is 23.2 Å². The first kappa shape index (κ1) is 35.9. The summed E-state index contributed by atoms with van der Waals surface area (Å²) in [5.41, 5.74) is 2.65. The number of benzene rings is 2. The van der Waals surface area contributed by atoms with Crippen molar-refractivity contribution in [2.24, 2.45) is 0 Å². The van der Waals surface area contributed by atoms with Gasteiger partial charge in [0.15, 0.2) is 5.03 Å². The van der Waals surface area contributed by atoms with Gasteiger partial charge in [0, 0.05) is 41.0 Å². The van der Waals surface area contributed by atoms with E-state index in [9.17, 15) is 33.0 Å². The molecule has 2 aromatic heterocycles. The molecule has 4 heterocycles. The maximum absolute atomic E-state index is 14.3. The van der Waals surface area contributed by atoms with Crippen LogP contribution in [0.5, 0.6) is 0 Å². The number of imidazole rings is 1. The number of carbonyl (C=O) groups is 3. The number of carbonyl (C=O) groups excluding carboxylic acids is 2. The fourth-order valence-electron chi connectivity index (χ4n) is 5.80. The van der Waals surface area contributed by atoms with E-state index in [2.05, 4.69) is 20.3 Å². The average molecular weight is 731 g/mol. The third kappa shape index (κ3) is 7.16. The van der Waals surface area contributed by atoms with Crippen LogP contribution in [0.3, 0.4) is 0 Å². The average Bonchev–Trinajstić information content (AvgIpc) is 3.82. The summed E-state index contributed by atoms with van der Waals surface area (Å²) < 4.78 is 30.8.